The first kappa shape index (κ1) is 24.1. The first-order valence-electron chi connectivity index (χ1n) is 10.2. The lowest BCUT2D eigenvalue weighted by molar-refractivity contribution is -0.137. The molecule has 0 aromatic carbocycles. The summed E-state index contributed by atoms with van der Waals surface area (Å²) in [5.74, 6) is -0.685. The summed E-state index contributed by atoms with van der Waals surface area (Å²) in [7, 11) is 0. The average molecular weight is 357 g/mol. The molecule has 0 rings (SSSR count). The Kier molecular flexibility index (Phi) is 17.3. The van der Waals surface area contributed by atoms with Gasteiger partial charge in [0.15, 0.2) is 0 Å². The maximum absolute atomic E-state index is 10.4. The standard InChI is InChI=1S/C21H40O4/c1-2-3-14-19(22)17-18-20(23)15-12-10-8-6-4-5-7-9-11-13-16-21(24)25/h2-3,19-20,22-23H,4-18H2,1H3,(H,24,25). The lowest BCUT2D eigenvalue weighted by atomic mass is 10.0. The topological polar surface area (TPSA) is 77.8 Å². The van der Waals surface area contributed by atoms with Gasteiger partial charge in [0.1, 0.15) is 0 Å². The molecular formula is C21H40O4. The summed E-state index contributed by atoms with van der Waals surface area (Å²) in [6.45, 7) is 1.95. The Morgan fingerprint density at radius 3 is 1.76 bits per heavy atom. The van der Waals surface area contributed by atoms with Gasteiger partial charge in [0.25, 0.3) is 0 Å². The number of hydrogen-bond acceptors (Lipinski definition) is 3. The van der Waals surface area contributed by atoms with E-state index in [2.05, 4.69) is 0 Å². The quantitative estimate of drug-likeness (QED) is 0.232. The van der Waals surface area contributed by atoms with Gasteiger partial charge < -0.3 is 15.3 Å². The summed E-state index contributed by atoms with van der Waals surface area (Å²) in [6, 6.07) is 0. The zero-order valence-corrected chi connectivity index (χ0v) is 16.2. The van der Waals surface area contributed by atoms with Gasteiger partial charge in [0.05, 0.1) is 12.2 Å². The van der Waals surface area contributed by atoms with Crippen LogP contribution in [0.25, 0.3) is 0 Å². The third kappa shape index (κ3) is 19.3. The molecule has 0 radical (unpaired) electrons. The molecule has 0 bridgehead atoms. The van der Waals surface area contributed by atoms with Crippen molar-refractivity contribution in [1.82, 2.24) is 0 Å². The molecule has 4 nitrogen and oxygen atoms in total. The SMILES string of the molecule is CC=CCC(O)CCC(O)CCCCCCCCCCCCC(=O)O. The molecule has 2 unspecified atom stereocenters. The Morgan fingerprint density at radius 2 is 1.24 bits per heavy atom. The van der Waals surface area contributed by atoms with Crippen LogP contribution in [-0.2, 0) is 4.79 Å². The summed E-state index contributed by atoms with van der Waals surface area (Å²) in [6.07, 6.45) is 18.0. The number of hydrogen-bond donors (Lipinski definition) is 3. The smallest absolute Gasteiger partial charge is 0.303 e. The van der Waals surface area contributed by atoms with Crippen LogP contribution in [0.4, 0.5) is 0 Å². The van der Waals surface area contributed by atoms with Gasteiger partial charge in [-0.3, -0.25) is 4.79 Å². The van der Waals surface area contributed by atoms with Crippen LogP contribution >= 0.6 is 0 Å². The fourth-order valence-corrected chi connectivity index (χ4v) is 3.01. The first-order valence-corrected chi connectivity index (χ1v) is 10.2. The number of aliphatic hydroxyl groups is 2. The van der Waals surface area contributed by atoms with Gasteiger partial charge in [-0.05, 0) is 39.0 Å². The van der Waals surface area contributed by atoms with Crippen molar-refractivity contribution in [2.24, 2.45) is 0 Å². The van der Waals surface area contributed by atoms with E-state index in [1.54, 1.807) is 0 Å². The lowest BCUT2D eigenvalue weighted by Crippen LogP contribution is -2.12. The Bertz CT molecular complexity index is 328. The minimum absolute atomic E-state index is 0.272. The second-order valence-corrected chi connectivity index (χ2v) is 7.16. The van der Waals surface area contributed by atoms with E-state index in [1.165, 1.54) is 38.5 Å². The van der Waals surface area contributed by atoms with Gasteiger partial charge >= 0.3 is 5.97 Å². The molecule has 0 aliphatic rings. The van der Waals surface area contributed by atoms with E-state index >= 15 is 0 Å². The van der Waals surface area contributed by atoms with Crippen LogP contribution in [0.2, 0.25) is 0 Å². The summed E-state index contributed by atoms with van der Waals surface area (Å²) >= 11 is 0. The van der Waals surface area contributed by atoms with E-state index in [4.69, 9.17) is 5.11 Å². The highest BCUT2D eigenvalue weighted by atomic mass is 16.4. The predicted molar refractivity (Wildman–Crippen MR) is 104 cm³/mol. The molecule has 0 saturated carbocycles. The number of carboxylic acids is 1. The molecule has 0 fully saturated rings. The van der Waals surface area contributed by atoms with E-state index in [0.717, 1.165) is 32.1 Å². The Morgan fingerprint density at radius 1 is 0.760 bits per heavy atom. The second-order valence-electron chi connectivity index (χ2n) is 7.16. The third-order valence-corrected chi connectivity index (χ3v) is 4.65. The maximum atomic E-state index is 10.4. The summed E-state index contributed by atoms with van der Waals surface area (Å²) in [5, 5.41) is 28.2. The number of rotatable bonds is 18. The minimum Gasteiger partial charge on any atom is -0.481 e. The molecule has 0 heterocycles. The number of carbonyl (C=O) groups is 1. The molecule has 0 amide bonds. The predicted octanol–water partition coefficient (Wildman–Crippen LogP) is 5.22. The van der Waals surface area contributed by atoms with Gasteiger partial charge in [-0.1, -0.05) is 69.9 Å². The van der Waals surface area contributed by atoms with Gasteiger partial charge in [0.2, 0.25) is 0 Å². The van der Waals surface area contributed by atoms with Crippen LogP contribution in [0.1, 0.15) is 103 Å². The molecular weight excluding hydrogens is 316 g/mol. The molecule has 0 aliphatic heterocycles. The van der Waals surface area contributed by atoms with Crippen molar-refractivity contribution < 1.29 is 20.1 Å². The Hall–Kier alpha value is -0.870. The highest BCUT2D eigenvalue weighted by molar-refractivity contribution is 5.66. The fraction of sp³-hybridized carbons (Fsp3) is 0.857. The highest BCUT2D eigenvalue weighted by Crippen LogP contribution is 2.14. The van der Waals surface area contributed by atoms with Crippen molar-refractivity contribution in [2.45, 2.75) is 115 Å². The molecule has 0 aromatic rings. The van der Waals surface area contributed by atoms with Crippen molar-refractivity contribution in [3.8, 4) is 0 Å². The van der Waals surface area contributed by atoms with Crippen LogP contribution < -0.4 is 0 Å². The molecule has 3 N–H and O–H groups in total. The number of aliphatic carboxylic acids is 1. The van der Waals surface area contributed by atoms with Crippen molar-refractivity contribution in [1.29, 1.82) is 0 Å². The van der Waals surface area contributed by atoms with E-state index in [0.29, 0.717) is 25.7 Å². The normalized spacial score (nSPS) is 14.0. The van der Waals surface area contributed by atoms with Gasteiger partial charge in [-0.15, -0.1) is 0 Å². The maximum Gasteiger partial charge on any atom is 0.303 e. The Balaban J connectivity index is 3.25. The largest absolute Gasteiger partial charge is 0.481 e. The van der Waals surface area contributed by atoms with E-state index in [9.17, 15) is 15.0 Å². The van der Waals surface area contributed by atoms with Gasteiger partial charge in [-0.2, -0.15) is 0 Å². The molecule has 148 valence electrons. The molecule has 0 saturated heterocycles. The van der Waals surface area contributed by atoms with Gasteiger partial charge in [-0.25, -0.2) is 0 Å². The van der Waals surface area contributed by atoms with Crippen LogP contribution in [0.15, 0.2) is 12.2 Å². The molecule has 2 atom stereocenters. The van der Waals surface area contributed by atoms with Crippen LogP contribution in [-0.4, -0.2) is 33.5 Å². The summed E-state index contributed by atoms with van der Waals surface area (Å²) < 4.78 is 0. The van der Waals surface area contributed by atoms with E-state index in [-0.39, 0.29) is 12.2 Å². The second kappa shape index (κ2) is 17.9. The average Bonchev–Trinajstić information content (AvgIpc) is 2.58. The van der Waals surface area contributed by atoms with Crippen molar-refractivity contribution in [3.63, 3.8) is 0 Å². The molecule has 4 heteroatoms. The fourth-order valence-electron chi connectivity index (χ4n) is 3.01. The minimum atomic E-state index is -0.685. The monoisotopic (exact) mass is 356 g/mol. The van der Waals surface area contributed by atoms with Crippen LogP contribution in [0.5, 0.6) is 0 Å². The number of aliphatic hydroxyl groups excluding tert-OH is 2. The summed E-state index contributed by atoms with van der Waals surface area (Å²) in [4.78, 5) is 10.4. The molecule has 0 aliphatic carbocycles. The zero-order valence-electron chi connectivity index (χ0n) is 16.2. The molecule has 25 heavy (non-hydrogen) atoms. The molecule has 0 spiro atoms. The van der Waals surface area contributed by atoms with Crippen LogP contribution in [0.3, 0.4) is 0 Å². The van der Waals surface area contributed by atoms with Crippen molar-refractivity contribution in [2.75, 3.05) is 0 Å². The third-order valence-electron chi connectivity index (χ3n) is 4.65. The van der Waals surface area contributed by atoms with E-state index < -0.39 is 5.97 Å². The lowest BCUT2D eigenvalue weighted by Gasteiger charge is -2.13. The number of unbranched alkanes of at least 4 members (excludes halogenated alkanes) is 9. The Labute approximate surface area is 154 Å². The van der Waals surface area contributed by atoms with Crippen molar-refractivity contribution >= 4 is 5.97 Å². The van der Waals surface area contributed by atoms with E-state index in [1.807, 2.05) is 19.1 Å². The van der Waals surface area contributed by atoms with Crippen LogP contribution in [0, 0.1) is 0 Å². The summed E-state index contributed by atoms with van der Waals surface area (Å²) in [5.41, 5.74) is 0. The van der Waals surface area contributed by atoms with Gasteiger partial charge in [0, 0.05) is 6.42 Å². The number of carboxylic acid groups (broad SMARTS) is 1. The number of allylic oxidation sites excluding steroid dienone is 1. The first-order chi connectivity index (χ1) is 12.1. The highest BCUT2D eigenvalue weighted by Gasteiger charge is 2.08. The van der Waals surface area contributed by atoms with Crippen molar-refractivity contribution in [3.05, 3.63) is 12.2 Å². The molecule has 0 aromatic heterocycles. The zero-order chi connectivity index (χ0) is 18.8.